The molecular weight excluding hydrogens is 307 g/mol. The third-order valence-corrected chi connectivity index (χ3v) is 3.64. The van der Waals surface area contributed by atoms with Gasteiger partial charge in [-0.1, -0.05) is 47.5 Å². The molecule has 3 aromatic rings. The zero-order valence-corrected chi connectivity index (χ0v) is 12.3. The number of hydrogen-bond acceptors (Lipinski definition) is 2. The molecule has 21 heavy (non-hydrogen) atoms. The number of para-hydroxylation sites is 1. The van der Waals surface area contributed by atoms with E-state index in [1.807, 2.05) is 30.3 Å². The maximum absolute atomic E-state index is 12.6. The van der Waals surface area contributed by atoms with Gasteiger partial charge in [0, 0.05) is 16.8 Å². The van der Waals surface area contributed by atoms with E-state index in [0.717, 1.165) is 5.69 Å². The number of halogens is 2. The Balaban J connectivity index is 2.20. The van der Waals surface area contributed by atoms with Crippen LogP contribution >= 0.6 is 23.2 Å². The summed E-state index contributed by atoms with van der Waals surface area (Å²) in [5, 5.41) is 0.947. The van der Waals surface area contributed by atoms with Gasteiger partial charge >= 0.3 is 0 Å². The summed E-state index contributed by atoms with van der Waals surface area (Å²) in [6, 6.07) is 14.3. The van der Waals surface area contributed by atoms with Crippen molar-refractivity contribution in [3.8, 4) is 16.8 Å². The summed E-state index contributed by atoms with van der Waals surface area (Å²) in [5.41, 5.74) is 1.62. The van der Waals surface area contributed by atoms with Crippen molar-refractivity contribution in [3.63, 3.8) is 0 Å². The quantitative estimate of drug-likeness (QED) is 0.710. The maximum atomic E-state index is 12.6. The van der Waals surface area contributed by atoms with Gasteiger partial charge in [0.25, 0.3) is 5.56 Å². The van der Waals surface area contributed by atoms with Crippen LogP contribution in [0.15, 0.2) is 65.8 Å². The van der Waals surface area contributed by atoms with Crippen molar-refractivity contribution in [2.75, 3.05) is 0 Å². The lowest BCUT2D eigenvalue weighted by molar-refractivity contribution is 0.939. The molecule has 0 bridgehead atoms. The van der Waals surface area contributed by atoms with Crippen molar-refractivity contribution in [3.05, 3.63) is 81.5 Å². The van der Waals surface area contributed by atoms with E-state index >= 15 is 0 Å². The molecule has 104 valence electrons. The van der Waals surface area contributed by atoms with Crippen molar-refractivity contribution in [1.29, 1.82) is 0 Å². The lowest BCUT2D eigenvalue weighted by Gasteiger charge is -2.08. The Morgan fingerprint density at radius 3 is 2.43 bits per heavy atom. The van der Waals surface area contributed by atoms with Crippen LogP contribution in [0.5, 0.6) is 0 Å². The molecule has 0 aliphatic heterocycles. The molecule has 0 amide bonds. The van der Waals surface area contributed by atoms with Crippen molar-refractivity contribution in [2.24, 2.45) is 0 Å². The van der Waals surface area contributed by atoms with Gasteiger partial charge in [0.15, 0.2) is 0 Å². The predicted octanol–water partition coefficient (Wildman–Crippen LogP) is 4.21. The van der Waals surface area contributed by atoms with Crippen LogP contribution in [0.1, 0.15) is 0 Å². The molecular formula is C16H10Cl2N2O. The number of aromatic nitrogens is 2. The number of hydrogen-bond donors (Lipinski definition) is 0. The van der Waals surface area contributed by atoms with Crippen molar-refractivity contribution < 1.29 is 0 Å². The highest BCUT2D eigenvalue weighted by molar-refractivity contribution is 6.36. The van der Waals surface area contributed by atoms with E-state index in [1.165, 1.54) is 17.1 Å². The molecule has 0 unspecified atom stereocenters. The summed E-state index contributed by atoms with van der Waals surface area (Å²) >= 11 is 12.1. The van der Waals surface area contributed by atoms with E-state index in [-0.39, 0.29) is 5.56 Å². The van der Waals surface area contributed by atoms with Gasteiger partial charge in [-0.25, -0.2) is 4.98 Å². The fourth-order valence-corrected chi connectivity index (χ4v) is 2.59. The minimum absolute atomic E-state index is 0.180. The topological polar surface area (TPSA) is 34.9 Å². The fourth-order valence-electron chi connectivity index (χ4n) is 2.08. The highest BCUT2D eigenvalue weighted by Crippen LogP contribution is 2.28. The van der Waals surface area contributed by atoms with Crippen LogP contribution in [-0.2, 0) is 0 Å². The monoisotopic (exact) mass is 316 g/mol. The summed E-state index contributed by atoms with van der Waals surface area (Å²) in [6.07, 6.45) is 3.00. The highest BCUT2D eigenvalue weighted by Gasteiger charge is 2.11. The average molecular weight is 317 g/mol. The minimum atomic E-state index is -0.180. The normalized spacial score (nSPS) is 10.6. The molecule has 0 spiro atoms. The molecule has 0 fully saturated rings. The zero-order chi connectivity index (χ0) is 14.8. The van der Waals surface area contributed by atoms with Gasteiger partial charge in [-0.2, -0.15) is 0 Å². The van der Waals surface area contributed by atoms with E-state index in [2.05, 4.69) is 4.98 Å². The largest absolute Gasteiger partial charge is 0.268 e. The third-order valence-electron chi connectivity index (χ3n) is 3.09. The first-order valence-corrected chi connectivity index (χ1v) is 7.00. The number of rotatable bonds is 2. The molecule has 0 saturated heterocycles. The Labute approximate surface area is 131 Å². The molecule has 1 aromatic heterocycles. The average Bonchev–Trinajstić information content (AvgIpc) is 2.49. The molecule has 0 radical (unpaired) electrons. The molecule has 0 aliphatic rings. The highest BCUT2D eigenvalue weighted by atomic mass is 35.5. The molecule has 0 atom stereocenters. The smallest absolute Gasteiger partial charge is 0.265 e. The van der Waals surface area contributed by atoms with Crippen molar-refractivity contribution in [1.82, 2.24) is 9.55 Å². The number of nitrogens with zero attached hydrogens (tertiary/aromatic N) is 2. The van der Waals surface area contributed by atoms with Gasteiger partial charge in [-0.05, 0) is 24.3 Å². The van der Waals surface area contributed by atoms with Gasteiger partial charge in [-0.15, -0.1) is 0 Å². The summed E-state index contributed by atoms with van der Waals surface area (Å²) in [7, 11) is 0. The fraction of sp³-hybridized carbons (Fsp3) is 0. The third kappa shape index (κ3) is 2.71. The van der Waals surface area contributed by atoms with E-state index in [0.29, 0.717) is 21.2 Å². The van der Waals surface area contributed by atoms with Crippen LogP contribution in [-0.4, -0.2) is 9.55 Å². The first-order valence-electron chi connectivity index (χ1n) is 6.24. The molecule has 0 aliphatic carbocycles. The Bertz CT molecular complexity index is 844. The van der Waals surface area contributed by atoms with Gasteiger partial charge in [0.1, 0.15) is 6.33 Å². The van der Waals surface area contributed by atoms with Crippen LogP contribution in [0.2, 0.25) is 10.0 Å². The van der Waals surface area contributed by atoms with E-state index in [1.54, 1.807) is 18.2 Å². The Hall–Kier alpha value is -2.10. The molecule has 1 heterocycles. The first-order chi connectivity index (χ1) is 10.2. The van der Waals surface area contributed by atoms with Gasteiger partial charge in [0.05, 0.1) is 16.3 Å². The van der Waals surface area contributed by atoms with Crippen LogP contribution in [0.3, 0.4) is 0 Å². The zero-order valence-electron chi connectivity index (χ0n) is 10.8. The van der Waals surface area contributed by atoms with Gasteiger partial charge < -0.3 is 0 Å². The second-order valence-corrected chi connectivity index (χ2v) is 5.29. The van der Waals surface area contributed by atoms with Crippen LogP contribution < -0.4 is 5.56 Å². The summed E-state index contributed by atoms with van der Waals surface area (Å²) < 4.78 is 1.49. The molecule has 3 nitrogen and oxygen atoms in total. The van der Waals surface area contributed by atoms with Gasteiger partial charge in [0.2, 0.25) is 0 Å². The minimum Gasteiger partial charge on any atom is -0.268 e. The molecule has 0 N–H and O–H groups in total. The van der Waals surface area contributed by atoms with Gasteiger partial charge in [-0.3, -0.25) is 9.36 Å². The van der Waals surface area contributed by atoms with Crippen molar-refractivity contribution >= 4 is 23.2 Å². The number of benzene rings is 2. The van der Waals surface area contributed by atoms with E-state index in [4.69, 9.17) is 23.2 Å². The Morgan fingerprint density at radius 1 is 0.952 bits per heavy atom. The summed E-state index contributed by atoms with van der Waals surface area (Å²) in [6.45, 7) is 0. The Morgan fingerprint density at radius 2 is 1.71 bits per heavy atom. The van der Waals surface area contributed by atoms with E-state index in [9.17, 15) is 4.79 Å². The molecule has 5 heteroatoms. The molecule has 0 saturated carbocycles. The van der Waals surface area contributed by atoms with Crippen LogP contribution in [0.25, 0.3) is 16.8 Å². The molecule has 3 rings (SSSR count). The van der Waals surface area contributed by atoms with Crippen LogP contribution in [0.4, 0.5) is 0 Å². The SMILES string of the molecule is O=c1c(-c2ccc(Cl)cc2Cl)cncn1-c1ccccc1. The predicted molar refractivity (Wildman–Crippen MR) is 85.3 cm³/mol. The standard InChI is InChI=1S/C16H10Cl2N2O/c17-11-6-7-13(15(18)8-11)14-9-19-10-20(16(14)21)12-4-2-1-3-5-12/h1-10H. The second kappa shape index (κ2) is 5.72. The lowest BCUT2D eigenvalue weighted by atomic mass is 10.1. The Kier molecular flexibility index (Phi) is 3.78. The van der Waals surface area contributed by atoms with Crippen molar-refractivity contribution in [2.45, 2.75) is 0 Å². The first kappa shape index (κ1) is 13.9. The lowest BCUT2D eigenvalue weighted by Crippen LogP contribution is -2.20. The van der Waals surface area contributed by atoms with Crippen LogP contribution in [0, 0.1) is 0 Å². The van der Waals surface area contributed by atoms with E-state index < -0.39 is 0 Å². The second-order valence-electron chi connectivity index (χ2n) is 4.44. The summed E-state index contributed by atoms with van der Waals surface area (Å²) in [5.74, 6) is 0. The summed E-state index contributed by atoms with van der Waals surface area (Å²) in [4.78, 5) is 16.8. The maximum Gasteiger partial charge on any atom is 0.265 e. The molecule has 2 aromatic carbocycles.